The summed E-state index contributed by atoms with van der Waals surface area (Å²) in [6.45, 7) is 1.02. The van der Waals surface area contributed by atoms with E-state index in [1.165, 1.54) is 10.8 Å². The Kier molecular flexibility index (Phi) is 4.69. The van der Waals surface area contributed by atoms with E-state index in [1.807, 2.05) is 24.3 Å². The van der Waals surface area contributed by atoms with E-state index in [0.717, 1.165) is 6.42 Å². The van der Waals surface area contributed by atoms with Crippen LogP contribution in [0.5, 0.6) is 5.75 Å². The van der Waals surface area contributed by atoms with Gasteiger partial charge in [0.15, 0.2) is 6.61 Å². The molecule has 0 spiro atoms. The first kappa shape index (κ1) is 17.0. The molecule has 1 atom stereocenters. The second kappa shape index (κ2) is 7.45. The molecule has 8 nitrogen and oxygen atoms in total. The Labute approximate surface area is 155 Å². The zero-order valence-corrected chi connectivity index (χ0v) is 14.6. The zero-order chi connectivity index (χ0) is 18.6. The molecular weight excluding hydrogens is 346 g/mol. The highest BCUT2D eigenvalue weighted by Crippen LogP contribution is 2.22. The number of benzene rings is 1. The Balaban J connectivity index is 1.30. The number of nitrogens with zero attached hydrogens (tertiary/aromatic N) is 4. The van der Waals surface area contributed by atoms with E-state index in [2.05, 4.69) is 15.5 Å². The van der Waals surface area contributed by atoms with E-state index in [9.17, 15) is 9.59 Å². The molecule has 1 aliphatic heterocycles. The Hall–Kier alpha value is -3.42. The van der Waals surface area contributed by atoms with Gasteiger partial charge in [0.2, 0.25) is 0 Å². The molecule has 2 amide bonds. The second-order valence-electron chi connectivity index (χ2n) is 6.30. The van der Waals surface area contributed by atoms with E-state index in [0.29, 0.717) is 29.9 Å². The second-order valence-corrected chi connectivity index (χ2v) is 6.30. The third-order valence-electron chi connectivity index (χ3n) is 4.59. The third-order valence-corrected chi connectivity index (χ3v) is 4.59. The standard InChI is InChI=1S/C19H19N5O3/c25-18(13-27-15-5-2-1-3-6-15)20-11-14-8-10-23(14)19(26)16-12-22-24-17(16)7-4-9-21-24/h1-7,9,12,14H,8,10-11,13H2,(H,20,25). The summed E-state index contributed by atoms with van der Waals surface area (Å²) in [7, 11) is 0. The SMILES string of the molecule is O=C(COc1ccccc1)NCC1CCN1C(=O)c1cnn2ncccc12. The molecule has 1 aliphatic rings. The summed E-state index contributed by atoms with van der Waals surface area (Å²) < 4.78 is 6.86. The Morgan fingerprint density at radius 2 is 2.00 bits per heavy atom. The fraction of sp³-hybridized carbons (Fsp3) is 0.263. The fourth-order valence-corrected chi connectivity index (χ4v) is 3.02. The monoisotopic (exact) mass is 365 g/mol. The molecule has 1 fully saturated rings. The van der Waals surface area contributed by atoms with Gasteiger partial charge >= 0.3 is 0 Å². The lowest BCUT2D eigenvalue weighted by Gasteiger charge is -2.41. The molecule has 0 bridgehead atoms. The smallest absolute Gasteiger partial charge is 0.258 e. The molecule has 0 saturated carbocycles. The molecule has 1 unspecified atom stereocenters. The molecule has 0 radical (unpaired) electrons. The number of carbonyl (C=O) groups is 2. The molecule has 8 heteroatoms. The maximum absolute atomic E-state index is 12.8. The van der Waals surface area contributed by atoms with Gasteiger partial charge in [0, 0.05) is 19.3 Å². The first-order valence-corrected chi connectivity index (χ1v) is 8.77. The lowest BCUT2D eigenvalue weighted by atomic mass is 10.0. The quantitative estimate of drug-likeness (QED) is 0.708. The number of para-hydroxylation sites is 1. The minimum Gasteiger partial charge on any atom is -0.484 e. The van der Waals surface area contributed by atoms with E-state index < -0.39 is 0 Å². The molecule has 1 saturated heterocycles. The fourth-order valence-electron chi connectivity index (χ4n) is 3.02. The van der Waals surface area contributed by atoms with Gasteiger partial charge in [-0.15, -0.1) is 0 Å². The van der Waals surface area contributed by atoms with E-state index in [1.54, 1.807) is 29.3 Å². The van der Waals surface area contributed by atoms with Crippen LogP contribution in [-0.4, -0.2) is 57.3 Å². The van der Waals surface area contributed by atoms with Crippen molar-refractivity contribution in [2.75, 3.05) is 19.7 Å². The van der Waals surface area contributed by atoms with Gasteiger partial charge < -0.3 is 15.0 Å². The van der Waals surface area contributed by atoms with Crippen molar-refractivity contribution in [2.45, 2.75) is 12.5 Å². The van der Waals surface area contributed by atoms with Crippen molar-refractivity contribution in [3.05, 3.63) is 60.4 Å². The van der Waals surface area contributed by atoms with Crippen LogP contribution in [0.25, 0.3) is 5.52 Å². The highest BCUT2D eigenvalue weighted by molar-refractivity contribution is 6.01. The summed E-state index contributed by atoms with van der Waals surface area (Å²) in [4.78, 5) is 26.5. The van der Waals surface area contributed by atoms with Crippen molar-refractivity contribution in [2.24, 2.45) is 0 Å². The van der Waals surface area contributed by atoms with Gasteiger partial charge in [-0.05, 0) is 30.7 Å². The van der Waals surface area contributed by atoms with Crippen LogP contribution in [0.2, 0.25) is 0 Å². The number of amides is 2. The molecule has 0 aliphatic carbocycles. The average molecular weight is 365 g/mol. The van der Waals surface area contributed by atoms with Crippen LogP contribution in [0, 0.1) is 0 Å². The molecule has 1 N–H and O–H groups in total. The normalized spacial score (nSPS) is 16.0. The Morgan fingerprint density at radius 1 is 1.15 bits per heavy atom. The van der Waals surface area contributed by atoms with Crippen molar-refractivity contribution in [3.63, 3.8) is 0 Å². The topological polar surface area (TPSA) is 88.8 Å². The minimum absolute atomic E-state index is 0.0233. The molecule has 27 heavy (non-hydrogen) atoms. The number of ether oxygens (including phenoxy) is 1. The van der Waals surface area contributed by atoms with E-state index >= 15 is 0 Å². The van der Waals surface area contributed by atoms with Crippen molar-refractivity contribution >= 4 is 17.3 Å². The van der Waals surface area contributed by atoms with Crippen LogP contribution < -0.4 is 10.1 Å². The summed E-state index contributed by atoms with van der Waals surface area (Å²) >= 11 is 0. The summed E-state index contributed by atoms with van der Waals surface area (Å²) in [6.07, 6.45) is 4.00. The Bertz CT molecular complexity index is 956. The number of hydrogen-bond donors (Lipinski definition) is 1. The predicted octanol–water partition coefficient (Wildman–Crippen LogP) is 1.14. The number of likely N-dealkylation sites (tertiary alicyclic amines) is 1. The van der Waals surface area contributed by atoms with Gasteiger partial charge in [-0.2, -0.15) is 14.8 Å². The summed E-state index contributed by atoms with van der Waals surface area (Å²) in [5.74, 6) is 0.345. The van der Waals surface area contributed by atoms with Crippen LogP contribution in [0.3, 0.4) is 0 Å². The molecule has 3 heterocycles. The minimum atomic E-state index is -0.210. The molecule has 3 aromatic rings. The van der Waals surface area contributed by atoms with Gasteiger partial charge in [0.1, 0.15) is 11.3 Å². The van der Waals surface area contributed by atoms with Crippen molar-refractivity contribution < 1.29 is 14.3 Å². The summed E-state index contributed by atoms with van der Waals surface area (Å²) in [5.41, 5.74) is 1.19. The maximum atomic E-state index is 12.8. The highest BCUT2D eigenvalue weighted by atomic mass is 16.5. The lowest BCUT2D eigenvalue weighted by molar-refractivity contribution is -0.123. The molecular formula is C19H19N5O3. The summed E-state index contributed by atoms with van der Waals surface area (Å²) in [5, 5.41) is 11.0. The highest BCUT2D eigenvalue weighted by Gasteiger charge is 2.34. The first-order valence-electron chi connectivity index (χ1n) is 8.77. The van der Waals surface area contributed by atoms with Crippen LogP contribution in [0.1, 0.15) is 16.8 Å². The average Bonchev–Trinajstić information content (AvgIpc) is 3.10. The molecule has 138 valence electrons. The molecule has 2 aromatic heterocycles. The van der Waals surface area contributed by atoms with Crippen molar-refractivity contribution in [1.29, 1.82) is 0 Å². The van der Waals surface area contributed by atoms with Gasteiger partial charge in [-0.1, -0.05) is 18.2 Å². The van der Waals surface area contributed by atoms with E-state index in [-0.39, 0.29) is 24.5 Å². The van der Waals surface area contributed by atoms with Crippen LogP contribution in [0.15, 0.2) is 54.9 Å². The maximum Gasteiger partial charge on any atom is 0.258 e. The first-order chi connectivity index (χ1) is 13.2. The number of hydrogen-bond acceptors (Lipinski definition) is 5. The number of aromatic nitrogens is 3. The van der Waals surface area contributed by atoms with Crippen molar-refractivity contribution in [1.82, 2.24) is 25.0 Å². The largest absolute Gasteiger partial charge is 0.484 e. The van der Waals surface area contributed by atoms with Gasteiger partial charge in [0.05, 0.1) is 17.8 Å². The third kappa shape index (κ3) is 3.59. The van der Waals surface area contributed by atoms with E-state index in [4.69, 9.17) is 4.74 Å². The van der Waals surface area contributed by atoms with Crippen LogP contribution in [-0.2, 0) is 4.79 Å². The molecule has 1 aromatic carbocycles. The number of carbonyl (C=O) groups excluding carboxylic acids is 2. The lowest BCUT2D eigenvalue weighted by Crippen LogP contribution is -2.56. The molecule has 4 rings (SSSR count). The van der Waals surface area contributed by atoms with Gasteiger partial charge in [0.25, 0.3) is 11.8 Å². The zero-order valence-electron chi connectivity index (χ0n) is 14.6. The number of fused-ring (bicyclic) bond motifs is 1. The van der Waals surface area contributed by atoms with Crippen LogP contribution in [0.4, 0.5) is 0 Å². The van der Waals surface area contributed by atoms with Crippen LogP contribution >= 0.6 is 0 Å². The van der Waals surface area contributed by atoms with Crippen molar-refractivity contribution in [3.8, 4) is 5.75 Å². The predicted molar refractivity (Wildman–Crippen MR) is 97.4 cm³/mol. The van der Waals surface area contributed by atoms with Gasteiger partial charge in [-0.3, -0.25) is 9.59 Å². The van der Waals surface area contributed by atoms with Gasteiger partial charge in [-0.25, -0.2) is 0 Å². The number of nitrogens with one attached hydrogen (secondary N) is 1. The summed E-state index contributed by atoms with van der Waals surface area (Å²) in [6, 6.07) is 12.7. The number of rotatable bonds is 6. The Morgan fingerprint density at radius 3 is 2.78 bits per heavy atom.